The molecule has 9 nitrogen and oxygen atoms in total. The Labute approximate surface area is 240 Å². The van der Waals surface area contributed by atoms with Crippen molar-refractivity contribution in [2.24, 2.45) is 0 Å². The molecule has 0 amide bonds. The third-order valence-electron chi connectivity index (χ3n) is 6.53. The number of nitrogens with one attached hydrogen (secondary N) is 2. The fourth-order valence-corrected chi connectivity index (χ4v) is 4.66. The van der Waals surface area contributed by atoms with Gasteiger partial charge >= 0.3 is 0 Å². The van der Waals surface area contributed by atoms with Crippen molar-refractivity contribution in [3.8, 4) is 17.2 Å². The maximum absolute atomic E-state index is 15.2. The summed E-state index contributed by atoms with van der Waals surface area (Å²) in [6, 6.07) is 12.7. The zero-order chi connectivity index (χ0) is 30.0. The number of halogens is 2. The fourth-order valence-electron chi connectivity index (χ4n) is 4.66. The highest BCUT2D eigenvalue weighted by atomic mass is 19.1. The maximum Gasteiger partial charge on any atom is 0.265 e. The molecule has 5 aromatic rings. The molecule has 0 spiro atoms. The van der Waals surface area contributed by atoms with E-state index >= 15 is 4.39 Å². The second-order valence-corrected chi connectivity index (χ2v) is 10.6. The minimum atomic E-state index is -0.684. The van der Waals surface area contributed by atoms with Crippen LogP contribution < -0.4 is 15.6 Å². The summed E-state index contributed by atoms with van der Waals surface area (Å²) in [5.41, 5.74) is 0.868. The minimum absolute atomic E-state index is 0.0457. The molecule has 0 fully saturated rings. The molecule has 3 heterocycles. The van der Waals surface area contributed by atoms with Crippen LogP contribution in [0.15, 0.2) is 71.8 Å². The largest absolute Gasteiger partial charge is 0.453 e. The number of aryl methyl sites for hydroxylation is 1. The Morgan fingerprint density at radius 1 is 1.07 bits per heavy atom. The molecule has 42 heavy (non-hydrogen) atoms. The molecule has 216 valence electrons. The van der Waals surface area contributed by atoms with Gasteiger partial charge in [-0.05, 0) is 74.4 Å². The Morgan fingerprint density at radius 3 is 2.55 bits per heavy atom. The number of carbonyl (C=O) groups excluding carboxylic acids is 1. The predicted octanol–water partition coefficient (Wildman–Crippen LogP) is 5.75. The van der Waals surface area contributed by atoms with Gasteiger partial charge in [-0.2, -0.15) is 5.10 Å². The first-order valence-electron chi connectivity index (χ1n) is 13.1. The lowest BCUT2D eigenvalue weighted by molar-refractivity contribution is 0.0991. The number of hydrogen-bond donors (Lipinski definition) is 2. The first-order valence-corrected chi connectivity index (χ1v) is 13.1. The Balaban J connectivity index is 1.38. The number of benzene rings is 2. The number of H-pyrrole nitrogens is 1. The molecule has 0 aliphatic heterocycles. The van der Waals surface area contributed by atoms with E-state index in [2.05, 4.69) is 20.5 Å². The normalized spacial score (nSPS) is 11.6. The van der Waals surface area contributed by atoms with E-state index in [0.717, 1.165) is 0 Å². The van der Waals surface area contributed by atoms with E-state index in [1.807, 2.05) is 13.8 Å². The lowest BCUT2D eigenvalue weighted by Crippen LogP contribution is -2.36. The van der Waals surface area contributed by atoms with Gasteiger partial charge in [0.25, 0.3) is 5.56 Å². The van der Waals surface area contributed by atoms with Crippen molar-refractivity contribution in [1.29, 1.82) is 0 Å². The fraction of sp³-hybridized carbons (Fsp3) is 0.226. The average Bonchev–Trinajstić information content (AvgIpc) is 3.34. The zero-order valence-electron chi connectivity index (χ0n) is 23.5. The molecule has 0 saturated carbocycles. The van der Waals surface area contributed by atoms with Gasteiger partial charge in [-0.1, -0.05) is 6.07 Å². The lowest BCUT2D eigenvalue weighted by Gasteiger charge is -2.25. The summed E-state index contributed by atoms with van der Waals surface area (Å²) in [6.45, 7) is 6.05. The van der Waals surface area contributed by atoms with Crippen LogP contribution >= 0.6 is 0 Å². The summed E-state index contributed by atoms with van der Waals surface area (Å²) in [4.78, 5) is 30.6. The number of carbonyl (C=O) groups is 1. The van der Waals surface area contributed by atoms with Crippen LogP contribution in [0.4, 0.5) is 14.6 Å². The first-order chi connectivity index (χ1) is 20.0. The highest BCUT2D eigenvalue weighted by Crippen LogP contribution is 2.35. The van der Waals surface area contributed by atoms with Crippen molar-refractivity contribution >= 4 is 22.6 Å². The van der Waals surface area contributed by atoms with Crippen molar-refractivity contribution in [3.05, 3.63) is 106 Å². The van der Waals surface area contributed by atoms with Gasteiger partial charge in [0.1, 0.15) is 17.0 Å². The molecule has 5 rings (SSSR count). The van der Waals surface area contributed by atoms with E-state index < -0.39 is 28.5 Å². The molecule has 3 aromatic heterocycles. The molecular weight excluding hydrogens is 544 g/mol. The number of aromatic nitrogens is 4. The van der Waals surface area contributed by atoms with Crippen molar-refractivity contribution in [2.75, 3.05) is 19.0 Å². The molecule has 11 heteroatoms. The van der Waals surface area contributed by atoms with E-state index in [0.29, 0.717) is 46.0 Å². The number of pyridine rings is 2. The second-order valence-electron chi connectivity index (χ2n) is 10.6. The van der Waals surface area contributed by atoms with Gasteiger partial charge in [0.05, 0.1) is 17.7 Å². The molecule has 0 radical (unpaired) electrons. The molecule has 0 aliphatic carbocycles. The monoisotopic (exact) mass is 573 g/mol. The Bertz CT molecular complexity index is 1830. The number of fused-ring (bicyclic) bond motifs is 1. The highest BCUT2D eigenvalue weighted by molar-refractivity contribution is 5.97. The molecule has 0 bridgehead atoms. The quantitative estimate of drug-likeness (QED) is 0.205. The zero-order valence-corrected chi connectivity index (χ0v) is 23.5. The van der Waals surface area contributed by atoms with Crippen LogP contribution in [-0.4, -0.2) is 44.8 Å². The third-order valence-corrected chi connectivity index (χ3v) is 6.53. The Morgan fingerprint density at radius 2 is 1.83 bits per heavy atom. The van der Waals surface area contributed by atoms with E-state index in [1.165, 1.54) is 53.2 Å². The number of Topliss-reactive ketones (excluding diaryl/α,β-unsaturated/α-hetero) is 1. The predicted molar refractivity (Wildman–Crippen MR) is 155 cm³/mol. The lowest BCUT2D eigenvalue weighted by atomic mass is 10.0. The number of rotatable bonds is 10. The highest BCUT2D eigenvalue weighted by Gasteiger charge is 2.23. The Kier molecular flexibility index (Phi) is 7.86. The molecule has 0 atom stereocenters. The van der Waals surface area contributed by atoms with Crippen molar-refractivity contribution < 1.29 is 23.0 Å². The summed E-state index contributed by atoms with van der Waals surface area (Å²) < 4.78 is 41.1. The van der Waals surface area contributed by atoms with Crippen LogP contribution in [-0.2, 0) is 11.2 Å². The van der Waals surface area contributed by atoms with Crippen LogP contribution in [0, 0.1) is 18.6 Å². The summed E-state index contributed by atoms with van der Waals surface area (Å²) in [5.74, 6) is -0.856. The number of methoxy groups -OCH3 is 1. The van der Waals surface area contributed by atoms with E-state index in [1.54, 1.807) is 32.4 Å². The van der Waals surface area contributed by atoms with Gasteiger partial charge in [0.2, 0.25) is 0 Å². The van der Waals surface area contributed by atoms with Crippen LogP contribution in [0.5, 0.6) is 11.5 Å². The minimum Gasteiger partial charge on any atom is -0.453 e. The van der Waals surface area contributed by atoms with Gasteiger partial charge < -0.3 is 14.8 Å². The average molecular weight is 574 g/mol. The number of nitrogens with zero attached hydrogens (tertiary/aromatic N) is 3. The standard InChI is InChI=1S/C31H29F2N5O4/c1-18-13-22(30(40)38(16-18)21-8-6-20(32)7-9-21)24(39)15-19-5-10-25(23(33)14-19)42-26-11-12-34-28-27(26)29(37-36-28)35-31(2,3)17-41-4/h5-14,16H,15,17H2,1-4H3,(H2,34,35,36,37). The van der Waals surface area contributed by atoms with Gasteiger partial charge in [0, 0.05) is 37.7 Å². The van der Waals surface area contributed by atoms with Gasteiger partial charge in [0.15, 0.2) is 28.8 Å². The number of ether oxygens (including phenoxy) is 2. The van der Waals surface area contributed by atoms with E-state index in [4.69, 9.17) is 9.47 Å². The number of aromatic amines is 1. The topological polar surface area (TPSA) is 111 Å². The SMILES string of the molecule is COCC(C)(C)Nc1n[nH]c2nccc(Oc3ccc(CC(=O)c4cc(C)cn(-c5ccc(F)cc5)c4=O)cc3F)c12. The van der Waals surface area contributed by atoms with Crippen LogP contribution in [0.2, 0.25) is 0 Å². The summed E-state index contributed by atoms with van der Waals surface area (Å²) >= 11 is 0. The molecule has 0 aliphatic rings. The van der Waals surface area contributed by atoms with E-state index in [-0.39, 0.29) is 17.7 Å². The smallest absolute Gasteiger partial charge is 0.265 e. The molecule has 2 N–H and O–H groups in total. The number of ketones is 1. The molecule has 0 unspecified atom stereocenters. The summed E-state index contributed by atoms with van der Waals surface area (Å²) in [6.07, 6.45) is 2.89. The third kappa shape index (κ3) is 6.06. The van der Waals surface area contributed by atoms with Gasteiger partial charge in [-0.15, -0.1) is 0 Å². The van der Waals surface area contributed by atoms with Gasteiger partial charge in [-0.3, -0.25) is 19.3 Å². The van der Waals surface area contributed by atoms with Crippen molar-refractivity contribution in [2.45, 2.75) is 32.7 Å². The van der Waals surface area contributed by atoms with Crippen LogP contribution in [0.1, 0.15) is 35.3 Å². The van der Waals surface area contributed by atoms with E-state index in [9.17, 15) is 14.0 Å². The molecule has 0 saturated heterocycles. The van der Waals surface area contributed by atoms with Crippen molar-refractivity contribution in [1.82, 2.24) is 19.7 Å². The second kappa shape index (κ2) is 11.5. The van der Waals surface area contributed by atoms with Crippen LogP contribution in [0.25, 0.3) is 16.7 Å². The molecule has 2 aromatic carbocycles. The molecular formula is C31H29F2N5O4. The van der Waals surface area contributed by atoms with Crippen molar-refractivity contribution in [3.63, 3.8) is 0 Å². The summed E-state index contributed by atoms with van der Waals surface area (Å²) in [7, 11) is 1.60. The number of hydrogen-bond acceptors (Lipinski definition) is 7. The number of anilines is 1. The maximum atomic E-state index is 15.2. The van der Waals surface area contributed by atoms with Crippen LogP contribution in [0.3, 0.4) is 0 Å². The Hall–Kier alpha value is -4.90. The first kappa shape index (κ1) is 28.6. The summed E-state index contributed by atoms with van der Waals surface area (Å²) in [5, 5.41) is 11.0. The van der Waals surface area contributed by atoms with Gasteiger partial charge in [-0.25, -0.2) is 13.8 Å².